The van der Waals surface area contributed by atoms with Gasteiger partial charge in [0.15, 0.2) is 0 Å². The highest BCUT2D eigenvalue weighted by Gasteiger charge is 2.25. The van der Waals surface area contributed by atoms with Crippen molar-refractivity contribution in [1.29, 1.82) is 0 Å². The summed E-state index contributed by atoms with van der Waals surface area (Å²) in [6, 6.07) is 5.82. The van der Waals surface area contributed by atoms with Crippen LogP contribution in [-0.4, -0.2) is 17.7 Å². The van der Waals surface area contributed by atoms with Crippen LogP contribution in [0.4, 0.5) is 0 Å². The Morgan fingerprint density at radius 2 is 2.14 bits per heavy atom. The zero-order valence-corrected chi connectivity index (χ0v) is 7.70. The minimum atomic E-state index is 0.0508. The molecular formula is C8H14N6. The number of pyridine rings is 1. The summed E-state index contributed by atoms with van der Waals surface area (Å²) < 4.78 is 0. The average Bonchev–Trinajstić information content (AvgIpc) is 2.74. The Morgan fingerprint density at radius 3 is 2.71 bits per heavy atom. The monoisotopic (exact) mass is 194 g/mol. The van der Waals surface area contributed by atoms with Gasteiger partial charge in [0.1, 0.15) is 0 Å². The van der Waals surface area contributed by atoms with Crippen LogP contribution in [0.25, 0.3) is 0 Å². The van der Waals surface area contributed by atoms with Crippen LogP contribution < -0.4 is 27.7 Å². The molecule has 1 atom stereocenters. The van der Waals surface area contributed by atoms with Gasteiger partial charge in [-0.1, -0.05) is 6.07 Å². The molecule has 0 saturated carbocycles. The lowest BCUT2D eigenvalue weighted by atomic mass is 10.0. The molecule has 1 unspecified atom stereocenters. The van der Waals surface area contributed by atoms with Gasteiger partial charge in [-0.05, 0) is 12.1 Å². The third-order valence-electron chi connectivity index (χ3n) is 2.24. The van der Waals surface area contributed by atoms with E-state index in [9.17, 15) is 0 Å². The number of nitrogens with one attached hydrogen (secondary N) is 4. The van der Waals surface area contributed by atoms with Gasteiger partial charge in [-0.2, -0.15) is 11.1 Å². The van der Waals surface area contributed by atoms with Gasteiger partial charge in [-0.25, -0.2) is 10.9 Å². The molecule has 2 rings (SSSR count). The smallest absolute Gasteiger partial charge is 0.0954 e. The normalized spacial score (nSPS) is 19.8. The van der Waals surface area contributed by atoms with Gasteiger partial charge in [0.2, 0.25) is 0 Å². The predicted octanol–water partition coefficient (Wildman–Crippen LogP) is -1.43. The van der Waals surface area contributed by atoms with Crippen molar-refractivity contribution < 1.29 is 0 Å². The molecular weight excluding hydrogens is 180 g/mol. The van der Waals surface area contributed by atoms with E-state index in [1.165, 1.54) is 0 Å². The molecule has 0 aromatic carbocycles. The van der Waals surface area contributed by atoms with E-state index in [-0.39, 0.29) is 12.1 Å². The largest absolute Gasteiger partial charge is 0.330 e. The number of nitrogens with zero attached hydrogens (tertiary/aromatic N) is 1. The maximum atomic E-state index is 5.71. The summed E-state index contributed by atoms with van der Waals surface area (Å²) in [6.45, 7) is 0.533. The minimum absolute atomic E-state index is 0.0508. The van der Waals surface area contributed by atoms with Gasteiger partial charge in [0.25, 0.3) is 0 Å². The summed E-state index contributed by atoms with van der Waals surface area (Å²) in [5.74, 6) is 0.138. The van der Waals surface area contributed by atoms with Gasteiger partial charge in [0.05, 0.1) is 6.17 Å². The first kappa shape index (κ1) is 9.50. The fourth-order valence-corrected chi connectivity index (χ4v) is 1.49. The number of hydrazine groups is 3. The van der Waals surface area contributed by atoms with Crippen LogP contribution in [0.15, 0.2) is 24.4 Å². The maximum absolute atomic E-state index is 5.71. The lowest BCUT2D eigenvalue weighted by molar-refractivity contribution is 0.430. The molecule has 1 aromatic rings. The molecule has 1 aliphatic heterocycles. The molecule has 1 fully saturated rings. The molecule has 6 nitrogen and oxygen atoms in total. The molecule has 0 bridgehead atoms. The summed E-state index contributed by atoms with van der Waals surface area (Å²) in [7, 11) is 0. The van der Waals surface area contributed by atoms with Crippen LogP contribution in [0.3, 0.4) is 0 Å². The van der Waals surface area contributed by atoms with Crippen LogP contribution >= 0.6 is 0 Å². The summed E-state index contributed by atoms with van der Waals surface area (Å²) in [6.07, 6.45) is 1.82. The molecule has 1 aromatic heterocycles. The minimum Gasteiger partial charge on any atom is -0.330 e. The van der Waals surface area contributed by atoms with Gasteiger partial charge < -0.3 is 5.73 Å². The molecule has 6 heteroatoms. The van der Waals surface area contributed by atoms with E-state index in [4.69, 9.17) is 5.73 Å². The molecule has 1 aliphatic rings. The SMILES string of the molecule is NCC(c1ccccn1)C1NNNN1. The van der Waals surface area contributed by atoms with E-state index in [1.54, 1.807) is 6.20 Å². The van der Waals surface area contributed by atoms with Crippen molar-refractivity contribution >= 4 is 0 Å². The summed E-state index contributed by atoms with van der Waals surface area (Å²) in [4.78, 5) is 4.28. The van der Waals surface area contributed by atoms with Crippen molar-refractivity contribution in [2.24, 2.45) is 5.73 Å². The number of hydrogen-bond donors (Lipinski definition) is 5. The van der Waals surface area contributed by atoms with E-state index >= 15 is 0 Å². The van der Waals surface area contributed by atoms with Gasteiger partial charge in [-0.15, -0.1) is 0 Å². The number of hydrogen-bond acceptors (Lipinski definition) is 6. The molecule has 1 saturated heterocycles. The Kier molecular flexibility index (Phi) is 3.02. The van der Waals surface area contributed by atoms with E-state index in [0.29, 0.717) is 6.54 Å². The highest BCUT2D eigenvalue weighted by atomic mass is 15.8. The zero-order valence-electron chi connectivity index (χ0n) is 7.70. The van der Waals surface area contributed by atoms with Crippen molar-refractivity contribution in [3.8, 4) is 0 Å². The predicted molar refractivity (Wildman–Crippen MR) is 52.4 cm³/mol. The van der Waals surface area contributed by atoms with Crippen LogP contribution in [0.5, 0.6) is 0 Å². The maximum Gasteiger partial charge on any atom is 0.0954 e. The molecule has 76 valence electrons. The van der Waals surface area contributed by atoms with Gasteiger partial charge in [0, 0.05) is 24.4 Å². The third-order valence-corrected chi connectivity index (χ3v) is 2.24. The Hall–Kier alpha value is -1.05. The lowest BCUT2D eigenvalue weighted by Crippen LogP contribution is -2.42. The van der Waals surface area contributed by atoms with Gasteiger partial charge >= 0.3 is 0 Å². The van der Waals surface area contributed by atoms with Crippen molar-refractivity contribution in [2.75, 3.05) is 6.54 Å². The van der Waals surface area contributed by atoms with Crippen LogP contribution in [0.1, 0.15) is 11.6 Å². The lowest BCUT2D eigenvalue weighted by Gasteiger charge is -2.19. The fraction of sp³-hybridized carbons (Fsp3) is 0.375. The second kappa shape index (κ2) is 4.45. The van der Waals surface area contributed by atoms with Crippen LogP contribution in [0, 0.1) is 0 Å². The molecule has 2 heterocycles. The number of nitrogens with two attached hydrogens (primary N) is 1. The van der Waals surface area contributed by atoms with Crippen molar-refractivity contribution in [1.82, 2.24) is 26.9 Å². The zero-order chi connectivity index (χ0) is 9.80. The van der Waals surface area contributed by atoms with E-state index in [1.807, 2.05) is 18.2 Å². The highest BCUT2D eigenvalue weighted by molar-refractivity contribution is 5.12. The first-order valence-electron chi connectivity index (χ1n) is 4.54. The quantitative estimate of drug-likeness (QED) is 0.405. The second-order valence-corrected chi connectivity index (χ2v) is 3.11. The van der Waals surface area contributed by atoms with Crippen molar-refractivity contribution in [3.05, 3.63) is 30.1 Å². The summed E-state index contributed by atoms with van der Waals surface area (Å²) >= 11 is 0. The van der Waals surface area contributed by atoms with E-state index in [0.717, 1.165) is 5.69 Å². The highest BCUT2D eigenvalue weighted by Crippen LogP contribution is 2.14. The second-order valence-electron chi connectivity index (χ2n) is 3.11. The molecule has 6 N–H and O–H groups in total. The topological polar surface area (TPSA) is 87.0 Å². The third kappa shape index (κ3) is 1.89. The van der Waals surface area contributed by atoms with E-state index in [2.05, 4.69) is 26.9 Å². The van der Waals surface area contributed by atoms with Crippen molar-refractivity contribution in [2.45, 2.75) is 12.1 Å². The Balaban J connectivity index is 2.12. The number of aromatic nitrogens is 1. The summed E-state index contributed by atoms with van der Waals surface area (Å²) in [5.41, 5.74) is 18.2. The Bertz CT molecular complexity index is 270. The molecule has 14 heavy (non-hydrogen) atoms. The molecule has 0 radical (unpaired) electrons. The first-order chi connectivity index (χ1) is 6.92. The van der Waals surface area contributed by atoms with Crippen LogP contribution in [-0.2, 0) is 0 Å². The molecule has 0 spiro atoms. The first-order valence-corrected chi connectivity index (χ1v) is 4.54. The molecule has 0 aliphatic carbocycles. The Labute approximate surface area is 82.2 Å². The standard InChI is InChI=1S/C8H14N6/c9-5-6(8-11-13-14-12-8)7-3-1-2-4-10-7/h1-4,6,8,11-14H,5,9H2. The van der Waals surface area contributed by atoms with Crippen molar-refractivity contribution in [3.63, 3.8) is 0 Å². The summed E-state index contributed by atoms with van der Waals surface area (Å²) in [5, 5.41) is 0. The number of rotatable bonds is 3. The average molecular weight is 194 g/mol. The van der Waals surface area contributed by atoms with Gasteiger partial charge in [-0.3, -0.25) is 4.98 Å². The van der Waals surface area contributed by atoms with E-state index < -0.39 is 0 Å². The fourth-order valence-electron chi connectivity index (χ4n) is 1.49. The Morgan fingerprint density at radius 1 is 1.36 bits per heavy atom. The van der Waals surface area contributed by atoms with Crippen LogP contribution in [0.2, 0.25) is 0 Å². The molecule has 0 amide bonds.